The van der Waals surface area contributed by atoms with Crippen molar-refractivity contribution in [1.82, 2.24) is 24.5 Å². The van der Waals surface area contributed by atoms with E-state index in [1.54, 1.807) is 17.5 Å². The van der Waals surface area contributed by atoms with Crippen LogP contribution in [0.4, 0.5) is 17.5 Å². The Hall–Kier alpha value is -3.52. The molecule has 0 spiro atoms. The second-order valence-corrected chi connectivity index (χ2v) is 7.90. The van der Waals surface area contributed by atoms with Gasteiger partial charge in [-0.15, -0.1) is 0 Å². The number of hydrogen-bond acceptors (Lipinski definition) is 7. The first-order valence-electron chi connectivity index (χ1n) is 9.49. The van der Waals surface area contributed by atoms with E-state index in [1.807, 2.05) is 40.5 Å². The van der Waals surface area contributed by atoms with Crippen LogP contribution < -0.4 is 10.6 Å². The number of thiophene rings is 1. The first-order chi connectivity index (χ1) is 14.3. The zero-order valence-corrected chi connectivity index (χ0v) is 16.2. The summed E-state index contributed by atoms with van der Waals surface area (Å²) in [6.07, 6.45) is 5.94. The van der Waals surface area contributed by atoms with Gasteiger partial charge in [0.1, 0.15) is 6.33 Å². The molecule has 0 unspecified atom stereocenters. The normalized spacial score (nSPS) is 13.8. The van der Waals surface area contributed by atoms with Gasteiger partial charge in [-0.2, -0.15) is 21.3 Å². The van der Waals surface area contributed by atoms with Crippen molar-refractivity contribution in [3.05, 3.63) is 59.7 Å². The fourth-order valence-electron chi connectivity index (χ4n) is 3.34. The number of benzene rings is 1. The molecule has 4 aromatic heterocycles. The quantitative estimate of drug-likeness (QED) is 0.444. The molecule has 142 valence electrons. The number of nitrogens with one attached hydrogen (secondary N) is 2. The lowest BCUT2D eigenvalue weighted by Crippen LogP contribution is -2.07. The van der Waals surface area contributed by atoms with E-state index in [0.717, 1.165) is 52.1 Å². The van der Waals surface area contributed by atoms with Gasteiger partial charge in [0.2, 0.25) is 5.95 Å². The third-order valence-electron chi connectivity index (χ3n) is 4.96. The van der Waals surface area contributed by atoms with Crippen LogP contribution in [0.1, 0.15) is 12.8 Å². The molecular weight excluding hydrogens is 382 g/mol. The highest BCUT2D eigenvalue weighted by Crippen LogP contribution is 2.30. The summed E-state index contributed by atoms with van der Waals surface area (Å²) < 4.78 is 2.00. The Morgan fingerprint density at radius 3 is 2.90 bits per heavy atom. The van der Waals surface area contributed by atoms with Gasteiger partial charge in [0.05, 0.1) is 11.2 Å². The predicted octanol–water partition coefficient (Wildman–Crippen LogP) is 4.74. The van der Waals surface area contributed by atoms with E-state index in [4.69, 9.17) is 9.97 Å². The van der Waals surface area contributed by atoms with Crippen LogP contribution in [0.25, 0.3) is 27.8 Å². The minimum absolute atomic E-state index is 0.471. The summed E-state index contributed by atoms with van der Waals surface area (Å²) >= 11 is 1.65. The van der Waals surface area contributed by atoms with E-state index in [0.29, 0.717) is 12.0 Å². The topological polar surface area (TPSA) is 80.5 Å². The highest BCUT2D eigenvalue weighted by Gasteiger charge is 2.24. The second kappa shape index (κ2) is 6.52. The van der Waals surface area contributed by atoms with Gasteiger partial charge in [0, 0.05) is 28.7 Å². The second-order valence-electron chi connectivity index (χ2n) is 7.12. The van der Waals surface area contributed by atoms with Crippen molar-refractivity contribution in [2.75, 3.05) is 10.6 Å². The maximum Gasteiger partial charge on any atom is 0.231 e. The highest BCUT2D eigenvalue weighted by molar-refractivity contribution is 7.08. The van der Waals surface area contributed by atoms with E-state index < -0.39 is 0 Å². The van der Waals surface area contributed by atoms with Crippen molar-refractivity contribution in [2.24, 2.45) is 0 Å². The number of aromatic nitrogens is 5. The largest absolute Gasteiger partial charge is 0.365 e. The summed E-state index contributed by atoms with van der Waals surface area (Å²) in [5.74, 6) is 1.32. The zero-order valence-electron chi connectivity index (χ0n) is 15.4. The molecule has 1 aliphatic rings. The van der Waals surface area contributed by atoms with Gasteiger partial charge in [-0.25, -0.2) is 4.98 Å². The Morgan fingerprint density at radius 1 is 1.07 bits per heavy atom. The van der Waals surface area contributed by atoms with E-state index in [-0.39, 0.29) is 0 Å². The molecule has 7 nitrogen and oxygen atoms in total. The van der Waals surface area contributed by atoms with Crippen LogP contribution in [0, 0.1) is 0 Å². The van der Waals surface area contributed by atoms with Crippen molar-refractivity contribution in [2.45, 2.75) is 18.9 Å². The molecule has 1 fully saturated rings. The molecule has 1 aromatic carbocycles. The highest BCUT2D eigenvalue weighted by atomic mass is 32.1. The molecule has 1 saturated carbocycles. The maximum absolute atomic E-state index is 4.78. The molecule has 0 radical (unpaired) electrons. The van der Waals surface area contributed by atoms with Crippen molar-refractivity contribution >= 4 is 50.9 Å². The van der Waals surface area contributed by atoms with Crippen molar-refractivity contribution in [3.8, 4) is 5.69 Å². The number of rotatable bonds is 5. The Morgan fingerprint density at radius 2 is 2.03 bits per heavy atom. The summed E-state index contributed by atoms with van der Waals surface area (Å²) in [7, 11) is 0. The van der Waals surface area contributed by atoms with Crippen LogP contribution in [0.3, 0.4) is 0 Å². The third-order valence-corrected chi connectivity index (χ3v) is 5.63. The summed E-state index contributed by atoms with van der Waals surface area (Å²) in [6, 6.07) is 12.6. The first kappa shape index (κ1) is 16.4. The van der Waals surface area contributed by atoms with Gasteiger partial charge in [0.25, 0.3) is 0 Å². The molecule has 6 rings (SSSR count). The molecule has 8 heteroatoms. The summed E-state index contributed by atoms with van der Waals surface area (Å²) in [6.45, 7) is 0. The summed E-state index contributed by atoms with van der Waals surface area (Å²) in [4.78, 5) is 18.5. The predicted molar refractivity (Wildman–Crippen MR) is 116 cm³/mol. The van der Waals surface area contributed by atoms with Crippen LogP contribution in [0.2, 0.25) is 0 Å². The van der Waals surface area contributed by atoms with E-state index in [2.05, 4.69) is 38.1 Å². The minimum Gasteiger partial charge on any atom is -0.365 e. The van der Waals surface area contributed by atoms with Crippen molar-refractivity contribution < 1.29 is 0 Å². The van der Waals surface area contributed by atoms with Gasteiger partial charge in [0.15, 0.2) is 17.0 Å². The number of fused-ring (bicyclic) bond motifs is 2. The van der Waals surface area contributed by atoms with Crippen LogP contribution in [-0.2, 0) is 0 Å². The number of nitrogens with zero attached hydrogens (tertiary/aromatic N) is 5. The van der Waals surface area contributed by atoms with Crippen molar-refractivity contribution in [3.63, 3.8) is 0 Å². The van der Waals surface area contributed by atoms with Crippen LogP contribution >= 0.6 is 11.3 Å². The average Bonchev–Trinajstić information content (AvgIpc) is 3.22. The van der Waals surface area contributed by atoms with Gasteiger partial charge < -0.3 is 10.6 Å². The lowest BCUT2D eigenvalue weighted by Gasteiger charge is -2.10. The van der Waals surface area contributed by atoms with E-state index in [1.165, 1.54) is 0 Å². The number of imidazole rings is 1. The molecule has 0 atom stereocenters. The lowest BCUT2D eigenvalue weighted by molar-refractivity contribution is 1.06. The van der Waals surface area contributed by atoms with Gasteiger partial charge in [-0.3, -0.25) is 9.55 Å². The Balaban J connectivity index is 1.45. The van der Waals surface area contributed by atoms with Gasteiger partial charge in [-0.1, -0.05) is 6.07 Å². The molecule has 29 heavy (non-hydrogen) atoms. The lowest BCUT2D eigenvalue weighted by atomic mass is 10.2. The molecule has 0 bridgehead atoms. The van der Waals surface area contributed by atoms with Crippen molar-refractivity contribution in [1.29, 1.82) is 0 Å². The van der Waals surface area contributed by atoms with E-state index >= 15 is 0 Å². The summed E-state index contributed by atoms with van der Waals surface area (Å²) in [5, 5.41) is 12.1. The molecule has 0 amide bonds. The smallest absolute Gasteiger partial charge is 0.231 e. The maximum atomic E-state index is 4.78. The number of anilines is 3. The fraction of sp³-hybridized carbons (Fsp3) is 0.143. The standard InChI is InChI=1S/C21H17N7S/c1-2-13-10-15(5-6-17(13)22-8-1)25-21-26-19(24-14-3-4-14)18-20(27-21)28(12-23-18)16-7-9-29-11-16/h1-2,5-12,14H,3-4H2,(H2,24,25,26,27). The van der Waals surface area contributed by atoms with Crippen LogP contribution in [-0.4, -0.2) is 30.5 Å². The SMILES string of the molecule is c1cnc2ccc(Nc3nc(NC4CC4)c4ncn(-c5ccsc5)c4n3)cc2c1. The molecule has 2 N–H and O–H groups in total. The van der Waals surface area contributed by atoms with Crippen LogP contribution in [0.15, 0.2) is 59.7 Å². The monoisotopic (exact) mass is 399 g/mol. The summed E-state index contributed by atoms with van der Waals surface area (Å²) in [5.41, 5.74) is 4.50. The average molecular weight is 399 g/mol. The Bertz CT molecular complexity index is 1320. The third kappa shape index (κ3) is 3.07. The van der Waals surface area contributed by atoms with Crippen LogP contribution in [0.5, 0.6) is 0 Å². The number of hydrogen-bond donors (Lipinski definition) is 2. The Labute approximate surface area is 170 Å². The van der Waals surface area contributed by atoms with Gasteiger partial charge >= 0.3 is 0 Å². The van der Waals surface area contributed by atoms with Gasteiger partial charge in [-0.05, 0) is 48.6 Å². The molecule has 0 saturated heterocycles. The molecular formula is C21H17N7S. The first-order valence-corrected chi connectivity index (χ1v) is 10.4. The zero-order chi connectivity index (χ0) is 19.2. The fourth-order valence-corrected chi connectivity index (χ4v) is 3.97. The molecule has 4 heterocycles. The van der Waals surface area contributed by atoms with E-state index in [9.17, 15) is 0 Å². The molecule has 5 aromatic rings. The number of pyridine rings is 1. The molecule has 1 aliphatic carbocycles. The Kier molecular flexibility index (Phi) is 3.70. The molecule has 0 aliphatic heterocycles. The minimum atomic E-state index is 0.471.